The Balaban J connectivity index is 2.30. The van der Waals surface area contributed by atoms with Crippen molar-refractivity contribution < 1.29 is 9.59 Å². The minimum Gasteiger partial charge on any atom is -0.347 e. The minimum atomic E-state index is -0.442. The van der Waals surface area contributed by atoms with E-state index in [0.717, 1.165) is 13.1 Å². The van der Waals surface area contributed by atoms with Gasteiger partial charge in [-0.15, -0.1) is 0 Å². The average Bonchev–Trinajstić information content (AvgIpc) is 2.28. The minimum absolute atomic E-state index is 0.0606. The summed E-state index contributed by atoms with van der Waals surface area (Å²) in [4.78, 5) is 26.9. The molecule has 0 aliphatic carbocycles. The van der Waals surface area contributed by atoms with Gasteiger partial charge in [-0.1, -0.05) is 6.42 Å². The van der Waals surface area contributed by atoms with E-state index < -0.39 is 6.04 Å². The lowest BCUT2D eigenvalue weighted by atomic mass is 10.1. The van der Waals surface area contributed by atoms with Crippen molar-refractivity contribution in [1.82, 2.24) is 15.1 Å². The largest absolute Gasteiger partial charge is 0.347 e. The van der Waals surface area contributed by atoms with Gasteiger partial charge >= 0.3 is 0 Å². The van der Waals surface area contributed by atoms with Gasteiger partial charge in [-0.3, -0.25) is 14.5 Å². The van der Waals surface area contributed by atoms with Crippen LogP contribution in [0.5, 0.6) is 0 Å². The number of likely N-dealkylation sites (tertiary alicyclic amines) is 1. The number of piperidine rings is 1. The summed E-state index contributed by atoms with van der Waals surface area (Å²) in [6.45, 7) is 4.11. The molecule has 1 fully saturated rings. The summed E-state index contributed by atoms with van der Waals surface area (Å²) < 4.78 is 0. The number of hydrogen-bond donors (Lipinski definition) is 1. The zero-order chi connectivity index (χ0) is 12.8. The van der Waals surface area contributed by atoms with Crippen LogP contribution in [0.3, 0.4) is 0 Å². The highest BCUT2D eigenvalue weighted by Crippen LogP contribution is 2.07. The van der Waals surface area contributed by atoms with Crippen LogP contribution in [0.1, 0.15) is 26.2 Å². The second-order valence-electron chi connectivity index (χ2n) is 4.86. The van der Waals surface area contributed by atoms with Gasteiger partial charge in [-0.2, -0.15) is 0 Å². The zero-order valence-electron chi connectivity index (χ0n) is 11.0. The van der Waals surface area contributed by atoms with Crippen LogP contribution in [0, 0.1) is 0 Å². The molecule has 0 radical (unpaired) electrons. The molecule has 1 unspecified atom stereocenters. The highest BCUT2D eigenvalue weighted by Gasteiger charge is 2.19. The summed E-state index contributed by atoms with van der Waals surface area (Å²) >= 11 is 0. The maximum atomic E-state index is 11.7. The van der Waals surface area contributed by atoms with E-state index in [1.807, 2.05) is 0 Å². The Kier molecular flexibility index (Phi) is 5.41. The van der Waals surface area contributed by atoms with Gasteiger partial charge in [0.05, 0.1) is 6.54 Å². The highest BCUT2D eigenvalue weighted by molar-refractivity contribution is 5.87. The zero-order valence-corrected chi connectivity index (χ0v) is 11.0. The van der Waals surface area contributed by atoms with Gasteiger partial charge in [-0.05, 0) is 32.9 Å². The maximum absolute atomic E-state index is 11.7. The predicted molar refractivity (Wildman–Crippen MR) is 66.6 cm³/mol. The monoisotopic (exact) mass is 241 g/mol. The lowest BCUT2D eigenvalue weighted by Crippen LogP contribution is -2.48. The van der Waals surface area contributed by atoms with Crippen LogP contribution in [0.15, 0.2) is 0 Å². The summed E-state index contributed by atoms with van der Waals surface area (Å²) in [5.74, 6) is -0.133. The first-order chi connectivity index (χ1) is 8.00. The van der Waals surface area contributed by atoms with Crippen LogP contribution in [-0.4, -0.2) is 61.4 Å². The molecule has 98 valence electrons. The molecule has 1 N–H and O–H groups in total. The second-order valence-corrected chi connectivity index (χ2v) is 4.86. The standard InChI is InChI=1S/C12H23N3O2/c1-10(12(17)14(2)3)13-11(16)9-15-7-5-4-6-8-15/h10H,4-9H2,1-3H3,(H,13,16). The van der Waals surface area contributed by atoms with Crippen molar-refractivity contribution in [1.29, 1.82) is 0 Å². The fourth-order valence-corrected chi connectivity index (χ4v) is 2.06. The van der Waals surface area contributed by atoms with E-state index in [-0.39, 0.29) is 11.8 Å². The van der Waals surface area contributed by atoms with Crippen molar-refractivity contribution >= 4 is 11.8 Å². The first-order valence-electron chi connectivity index (χ1n) is 6.23. The van der Waals surface area contributed by atoms with Crippen LogP contribution in [0.25, 0.3) is 0 Å². The number of rotatable bonds is 4. The fourth-order valence-electron chi connectivity index (χ4n) is 2.06. The Morgan fingerprint density at radius 2 is 1.82 bits per heavy atom. The highest BCUT2D eigenvalue weighted by atomic mass is 16.2. The van der Waals surface area contributed by atoms with E-state index in [0.29, 0.717) is 6.54 Å². The van der Waals surface area contributed by atoms with Crippen LogP contribution in [-0.2, 0) is 9.59 Å². The molecule has 1 aliphatic rings. The summed E-state index contributed by atoms with van der Waals surface area (Å²) in [5.41, 5.74) is 0. The topological polar surface area (TPSA) is 52.7 Å². The molecule has 17 heavy (non-hydrogen) atoms. The maximum Gasteiger partial charge on any atom is 0.244 e. The van der Waals surface area contributed by atoms with Gasteiger partial charge < -0.3 is 10.2 Å². The molecule has 2 amide bonds. The van der Waals surface area contributed by atoms with Gasteiger partial charge in [0.25, 0.3) is 0 Å². The molecule has 1 atom stereocenters. The van der Waals surface area contributed by atoms with Gasteiger partial charge in [0.15, 0.2) is 0 Å². The van der Waals surface area contributed by atoms with Crippen LogP contribution >= 0.6 is 0 Å². The molecule has 1 aliphatic heterocycles. The SMILES string of the molecule is CC(NC(=O)CN1CCCCC1)C(=O)N(C)C. The molecule has 5 nitrogen and oxygen atoms in total. The Hall–Kier alpha value is -1.10. The van der Waals surface area contributed by atoms with Gasteiger partial charge in [0.1, 0.15) is 6.04 Å². The number of hydrogen-bond acceptors (Lipinski definition) is 3. The molecule has 5 heteroatoms. The van der Waals surface area contributed by atoms with E-state index in [1.165, 1.54) is 24.2 Å². The smallest absolute Gasteiger partial charge is 0.244 e. The Labute approximate surface area is 103 Å². The second kappa shape index (κ2) is 6.59. The summed E-state index contributed by atoms with van der Waals surface area (Å²) in [7, 11) is 3.38. The number of carbonyl (C=O) groups excluding carboxylic acids is 2. The molecule has 0 aromatic carbocycles. The molecule has 1 heterocycles. The third-order valence-corrected chi connectivity index (χ3v) is 3.00. The average molecular weight is 241 g/mol. The molecule has 0 aromatic rings. The quantitative estimate of drug-likeness (QED) is 0.757. The Bertz CT molecular complexity index is 273. The molecule has 0 saturated carbocycles. The molecule has 1 saturated heterocycles. The van der Waals surface area contributed by atoms with E-state index in [2.05, 4.69) is 10.2 Å². The summed E-state index contributed by atoms with van der Waals surface area (Å²) in [6, 6.07) is -0.442. The van der Waals surface area contributed by atoms with Crippen molar-refractivity contribution in [3.05, 3.63) is 0 Å². The van der Waals surface area contributed by atoms with E-state index in [9.17, 15) is 9.59 Å². The van der Waals surface area contributed by atoms with Crippen molar-refractivity contribution in [2.75, 3.05) is 33.7 Å². The van der Waals surface area contributed by atoms with Crippen molar-refractivity contribution in [2.24, 2.45) is 0 Å². The number of likely N-dealkylation sites (N-methyl/N-ethyl adjacent to an activating group) is 1. The molecule has 0 bridgehead atoms. The Morgan fingerprint density at radius 1 is 1.24 bits per heavy atom. The molecular formula is C12H23N3O2. The van der Waals surface area contributed by atoms with E-state index in [4.69, 9.17) is 0 Å². The predicted octanol–water partition coefficient (Wildman–Crippen LogP) is 0.0652. The van der Waals surface area contributed by atoms with Gasteiger partial charge in [-0.25, -0.2) is 0 Å². The third-order valence-electron chi connectivity index (χ3n) is 3.00. The first kappa shape index (κ1) is 14.0. The Morgan fingerprint density at radius 3 is 2.35 bits per heavy atom. The number of nitrogens with zero attached hydrogens (tertiary/aromatic N) is 2. The normalized spacial score (nSPS) is 18.5. The lowest BCUT2D eigenvalue weighted by molar-refractivity contribution is -0.134. The van der Waals surface area contributed by atoms with E-state index in [1.54, 1.807) is 21.0 Å². The van der Waals surface area contributed by atoms with Crippen molar-refractivity contribution in [2.45, 2.75) is 32.2 Å². The third kappa shape index (κ3) is 4.73. The van der Waals surface area contributed by atoms with Crippen LogP contribution in [0.4, 0.5) is 0 Å². The summed E-state index contributed by atoms with van der Waals surface area (Å²) in [6.07, 6.45) is 3.59. The summed E-state index contributed by atoms with van der Waals surface area (Å²) in [5, 5.41) is 2.74. The molecule has 0 spiro atoms. The van der Waals surface area contributed by atoms with Gasteiger partial charge in [0, 0.05) is 14.1 Å². The number of nitrogens with one attached hydrogen (secondary N) is 1. The lowest BCUT2D eigenvalue weighted by Gasteiger charge is -2.26. The van der Waals surface area contributed by atoms with Crippen LogP contribution in [0.2, 0.25) is 0 Å². The fraction of sp³-hybridized carbons (Fsp3) is 0.833. The first-order valence-corrected chi connectivity index (χ1v) is 6.23. The van der Waals surface area contributed by atoms with Gasteiger partial charge in [0.2, 0.25) is 11.8 Å². The van der Waals surface area contributed by atoms with Crippen molar-refractivity contribution in [3.8, 4) is 0 Å². The molecular weight excluding hydrogens is 218 g/mol. The number of amides is 2. The molecule has 0 aromatic heterocycles. The van der Waals surface area contributed by atoms with Crippen molar-refractivity contribution in [3.63, 3.8) is 0 Å². The van der Waals surface area contributed by atoms with Crippen LogP contribution < -0.4 is 5.32 Å². The molecule has 1 rings (SSSR count). The number of carbonyl (C=O) groups is 2. The van der Waals surface area contributed by atoms with E-state index >= 15 is 0 Å².